The van der Waals surface area contributed by atoms with Gasteiger partial charge in [0.1, 0.15) is 4.33 Å². The Labute approximate surface area is 179 Å². The quantitative estimate of drug-likeness (QED) is 0.406. The molecule has 0 bridgehead atoms. The molecular weight excluding hydrogens is 463 g/mol. The molecule has 1 aliphatic carbocycles. The monoisotopic (exact) mass is 469 g/mol. The van der Waals surface area contributed by atoms with Crippen LogP contribution in [0.1, 0.15) is 21.8 Å². The molecule has 0 spiro atoms. The summed E-state index contributed by atoms with van der Waals surface area (Å²) < 4.78 is -1.30. The van der Waals surface area contributed by atoms with Crippen molar-refractivity contribution < 1.29 is 9.59 Å². The van der Waals surface area contributed by atoms with Gasteiger partial charge < -0.3 is 5.32 Å². The summed E-state index contributed by atoms with van der Waals surface area (Å²) in [5.74, 6) is -1.60. The summed E-state index contributed by atoms with van der Waals surface area (Å²) in [6.45, 7) is 0. The van der Waals surface area contributed by atoms with Crippen molar-refractivity contribution in [2.45, 2.75) is 10.3 Å². The van der Waals surface area contributed by atoms with E-state index in [2.05, 4.69) is 5.32 Å². The predicted octanol–water partition coefficient (Wildman–Crippen LogP) is 6.55. The van der Waals surface area contributed by atoms with E-state index in [1.807, 2.05) is 0 Å². The van der Waals surface area contributed by atoms with Crippen LogP contribution in [0, 0.1) is 5.92 Å². The predicted molar refractivity (Wildman–Crippen MR) is 107 cm³/mol. The van der Waals surface area contributed by atoms with E-state index in [1.54, 1.807) is 24.3 Å². The number of anilines is 1. The number of halogens is 6. The van der Waals surface area contributed by atoms with Crippen LogP contribution < -0.4 is 5.32 Å². The lowest BCUT2D eigenvalue weighted by Gasteiger charge is -2.07. The van der Waals surface area contributed by atoms with Crippen molar-refractivity contribution in [2.24, 2.45) is 5.92 Å². The highest BCUT2D eigenvalue weighted by Gasteiger charge is 2.67. The van der Waals surface area contributed by atoms with Gasteiger partial charge in [-0.1, -0.05) is 34.8 Å². The normalized spacial score (nSPS) is 20.5. The van der Waals surface area contributed by atoms with Gasteiger partial charge >= 0.3 is 0 Å². The Hall–Kier alpha value is -0.680. The minimum absolute atomic E-state index is 0.0862. The Bertz CT molecular complexity index is 894. The molecule has 0 unspecified atom stereocenters. The van der Waals surface area contributed by atoms with Gasteiger partial charge in [-0.25, -0.2) is 0 Å². The zero-order valence-electron chi connectivity index (χ0n) is 12.7. The van der Waals surface area contributed by atoms with E-state index in [4.69, 9.17) is 69.6 Å². The van der Waals surface area contributed by atoms with Crippen LogP contribution in [0.25, 0.3) is 0 Å². The number of carbonyl (C=O) groups is 2. The lowest BCUT2D eigenvalue weighted by atomic mass is 10.1. The van der Waals surface area contributed by atoms with Crippen molar-refractivity contribution in [3.8, 4) is 0 Å². The number of alkyl halides is 2. The molecule has 136 valence electrons. The molecule has 2 aromatic rings. The largest absolute Gasteiger partial charge is 0.326 e. The van der Waals surface area contributed by atoms with Gasteiger partial charge in [0, 0.05) is 21.7 Å². The number of benzene rings is 2. The summed E-state index contributed by atoms with van der Waals surface area (Å²) >= 11 is 36.0. The lowest BCUT2D eigenvalue weighted by molar-refractivity contribution is -0.117. The molecule has 3 rings (SSSR count). The number of nitrogens with one attached hydrogen (secondary N) is 1. The minimum Gasteiger partial charge on any atom is -0.326 e. The number of hydrogen-bond donors (Lipinski definition) is 1. The highest BCUT2D eigenvalue weighted by molar-refractivity contribution is 6.68. The third-order valence-electron chi connectivity index (χ3n) is 4.03. The fourth-order valence-corrected chi connectivity index (χ4v) is 4.58. The Kier molecular flexibility index (Phi) is 5.70. The number of rotatable bonds is 4. The summed E-state index contributed by atoms with van der Waals surface area (Å²) in [6.07, 6.45) is 0. The van der Waals surface area contributed by atoms with Gasteiger partial charge in [0.15, 0.2) is 0 Å². The number of hydrogen-bond acceptors (Lipinski definition) is 2. The molecule has 1 fully saturated rings. The standard InChI is InChI=1S/C17H9Cl6NO2/c18-8-3-7(4-9(19)5-8)13-14(17(13,22)23)16(26)24-10-1-2-12(20)11(6-10)15(21)25/h1-6,13-14H,(H,24,26)/t13-,14+/m1/s1. The second kappa shape index (κ2) is 7.38. The van der Waals surface area contributed by atoms with Gasteiger partial charge in [0.05, 0.1) is 16.5 Å². The van der Waals surface area contributed by atoms with Crippen LogP contribution in [0.2, 0.25) is 15.1 Å². The van der Waals surface area contributed by atoms with E-state index in [1.165, 1.54) is 12.1 Å². The summed E-state index contributed by atoms with van der Waals surface area (Å²) in [6, 6.07) is 9.29. The Morgan fingerprint density at radius 2 is 1.58 bits per heavy atom. The molecule has 3 nitrogen and oxygen atoms in total. The van der Waals surface area contributed by atoms with Crippen LogP contribution in [-0.2, 0) is 4.79 Å². The fourth-order valence-electron chi connectivity index (χ4n) is 2.80. The highest BCUT2D eigenvalue weighted by Crippen LogP contribution is 2.65. The molecular formula is C17H9Cl6NO2. The molecule has 0 aromatic heterocycles. The number of carbonyl (C=O) groups excluding carboxylic acids is 2. The second-order valence-electron chi connectivity index (χ2n) is 5.79. The molecule has 1 N–H and O–H groups in total. The molecule has 1 amide bonds. The van der Waals surface area contributed by atoms with Crippen LogP contribution in [0.15, 0.2) is 36.4 Å². The van der Waals surface area contributed by atoms with Gasteiger partial charge in [0.2, 0.25) is 5.91 Å². The second-order valence-corrected chi connectivity index (χ2v) is 8.86. The van der Waals surface area contributed by atoms with Gasteiger partial charge in [-0.15, -0.1) is 23.2 Å². The van der Waals surface area contributed by atoms with Gasteiger partial charge in [-0.2, -0.15) is 0 Å². The Morgan fingerprint density at radius 1 is 0.962 bits per heavy atom. The van der Waals surface area contributed by atoms with Crippen molar-refractivity contribution in [2.75, 3.05) is 5.32 Å². The summed E-state index contributed by atoms with van der Waals surface area (Å²) in [5, 5.41) is 2.97. The molecule has 2 aromatic carbocycles. The molecule has 0 heterocycles. The van der Waals surface area contributed by atoms with Crippen molar-refractivity contribution >= 4 is 86.4 Å². The van der Waals surface area contributed by atoms with Crippen LogP contribution in [0.4, 0.5) is 5.69 Å². The van der Waals surface area contributed by atoms with E-state index in [-0.39, 0.29) is 10.6 Å². The maximum absolute atomic E-state index is 12.6. The topological polar surface area (TPSA) is 46.2 Å². The molecule has 0 radical (unpaired) electrons. The molecule has 2 atom stereocenters. The molecule has 1 aliphatic rings. The van der Waals surface area contributed by atoms with Crippen LogP contribution in [0.5, 0.6) is 0 Å². The first kappa shape index (κ1) is 20.1. The van der Waals surface area contributed by atoms with Crippen molar-refractivity contribution in [1.29, 1.82) is 0 Å². The summed E-state index contributed by atoms with van der Waals surface area (Å²) in [7, 11) is 0. The third kappa shape index (κ3) is 3.94. The average Bonchev–Trinajstić information content (AvgIpc) is 3.10. The van der Waals surface area contributed by atoms with Crippen LogP contribution >= 0.6 is 69.6 Å². The third-order valence-corrected chi connectivity index (χ3v) is 5.94. The van der Waals surface area contributed by atoms with Gasteiger partial charge in [-0.05, 0) is 53.6 Å². The van der Waals surface area contributed by atoms with Crippen LogP contribution in [0.3, 0.4) is 0 Å². The molecule has 0 saturated heterocycles. The number of amides is 1. The lowest BCUT2D eigenvalue weighted by Crippen LogP contribution is -2.17. The Balaban J connectivity index is 1.82. The maximum Gasteiger partial charge on any atom is 0.253 e. The zero-order chi connectivity index (χ0) is 19.2. The van der Waals surface area contributed by atoms with E-state index in [9.17, 15) is 9.59 Å². The molecule has 1 saturated carbocycles. The minimum atomic E-state index is -1.30. The highest BCUT2D eigenvalue weighted by atomic mass is 35.5. The van der Waals surface area contributed by atoms with Gasteiger partial charge in [-0.3, -0.25) is 9.59 Å². The van der Waals surface area contributed by atoms with Crippen LogP contribution in [-0.4, -0.2) is 15.5 Å². The van der Waals surface area contributed by atoms with Crippen molar-refractivity contribution in [3.63, 3.8) is 0 Å². The van der Waals surface area contributed by atoms with E-state index >= 15 is 0 Å². The first-order chi connectivity index (χ1) is 12.1. The Morgan fingerprint density at radius 3 is 2.15 bits per heavy atom. The van der Waals surface area contributed by atoms with E-state index in [0.717, 1.165) is 0 Å². The van der Waals surface area contributed by atoms with Crippen molar-refractivity contribution in [1.82, 2.24) is 0 Å². The van der Waals surface area contributed by atoms with Crippen molar-refractivity contribution in [3.05, 3.63) is 62.6 Å². The fraction of sp³-hybridized carbons (Fsp3) is 0.176. The summed E-state index contributed by atoms with van der Waals surface area (Å²) in [4.78, 5) is 24.0. The smallest absolute Gasteiger partial charge is 0.253 e. The van der Waals surface area contributed by atoms with Gasteiger partial charge in [0.25, 0.3) is 5.24 Å². The summed E-state index contributed by atoms with van der Waals surface area (Å²) in [5.41, 5.74) is 1.10. The van der Waals surface area contributed by atoms with E-state index in [0.29, 0.717) is 21.3 Å². The maximum atomic E-state index is 12.6. The first-order valence-electron chi connectivity index (χ1n) is 7.25. The molecule has 26 heavy (non-hydrogen) atoms. The zero-order valence-corrected chi connectivity index (χ0v) is 17.2. The van der Waals surface area contributed by atoms with E-state index < -0.39 is 27.3 Å². The molecule has 9 heteroatoms. The average molecular weight is 472 g/mol. The first-order valence-corrected chi connectivity index (χ1v) is 9.52. The SMILES string of the molecule is O=C(Cl)c1cc(NC(=O)[C@@H]2[C@@H](c3cc(Cl)cc(Cl)c3)C2(Cl)Cl)ccc1Cl. The molecule has 0 aliphatic heterocycles.